The van der Waals surface area contributed by atoms with Crippen LogP contribution in [0.25, 0.3) is 0 Å². The highest BCUT2D eigenvalue weighted by Crippen LogP contribution is 2.64. The third-order valence-electron chi connectivity index (χ3n) is 11.6. The van der Waals surface area contributed by atoms with E-state index in [1.807, 2.05) is 30.3 Å². The van der Waals surface area contributed by atoms with Crippen LogP contribution in [0.2, 0.25) is 0 Å². The van der Waals surface area contributed by atoms with Crippen LogP contribution in [-0.2, 0) is 22.6 Å². The molecule has 230 valence electrons. The quantitative estimate of drug-likeness (QED) is 0.296. The number of allylic oxidation sites excluding steroid dienone is 1. The van der Waals surface area contributed by atoms with Gasteiger partial charge in [-0.1, -0.05) is 68.0 Å². The van der Waals surface area contributed by atoms with Crippen molar-refractivity contribution in [2.24, 2.45) is 28.6 Å². The van der Waals surface area contributed by atoms with E-state index in [2.05, 4.69) is 30.6 Å². The lowest BCUT2D eigenvalue weighted by atomic mass is 9.48. The molecule has 4 aliphatic rings. The first-order valence-corrected chi connectivity index (χ1v) is 16.1. The standard InChI is InChI=1S/C36H46N2O5/c1-35-18-16-27(40)21-25(35)10-13-28-29-14-15-32(36(29,2)19-17-30(28)35)38-33(41)31(20-23-8-11-26(39)12-9-23)37-34(42)43-22-24-6-4-3-5-7-24/h3-12,27-32,39-40H,13-22H2,1-2H3,(H,37,42)(H,38,41)/t27-,28-,29-,30-,31-,32-,35-,36-/m0/s1. The van der Waals surface area contributed by atoms with Gasteiger partial charge >= 0.3 is 6.09 Å². The lowest BCUT2D eigenvalue weighted by Crippen LogP contribution is -2.56. The first kappa shape index (κ1) is 29.7. The highest BCUT2D eigenvalue weighted by atomic mass is 16.5. The number of phenols is 1. The number of aliphatic hydroxyl groups is 1. The number of hydrogen-bond donors (Lipinski definition) is 4. The normalized spacial score (nSPS) is 33.7. The lowest BCUT2D eigenvalue weighted by molar-refractivity contribution is -0.125. The smallest absolute Gasteiger partial charge is 0.408 e. The van der Waals surface area contributed by atoms with Gasteiger partial charge in [-0.2, -0.15) is 0 Å². The molecule has 0 heterocycles. The maximum Gasteiger partial charge on any atom is 0.408 e. The Labute approximate surface area is 255 Å². The Morgan fingerprint density at radius 3 is 2.49 bits per heavy atom. The largest absolute Gasteiger partial charge is 0.508 e. The van der Waals surface area contributed by atoms with Gasteiger partial charge in [0.2, 0.25) is 5.91 Å². The number of hydrogen-bond acceptors (Lipinski definition) is 5. The number of nitrogens with one attached hydrogen (secondary N) is 2. The van der Waals surface area contributed by atoms with Gasteiger partial charge in [0, 0.05) is 12.5 Å². The van der Waals surface area contributed by atoms with Crippen LogP contribution in [0.15, 0.2) is 66.2 Å². The molecule has 7 nitrogen and oxygen atoms in total. The van der Waals surface area contributed by atoms with Crippen LogP contribution in [0.4, 0.5) is 4.79 Å². The Hall–Kier alpha value is -3.32. The highest BCUT2D eigenvalue weighted by molar-refractivity contribution is 5.86. The number of alkyl carbamates (subject to hydrolysis) is 1. The zero-order chi connectivity index (χ0) is 30.2. The molecule has 0 spiro atoms. The van der Waals surface area contributed by atoms with Crippen LogP contribution in [0.1, 0.15) is 76.3 Å². The molecule has 7 heteroatoms. The summed E-state index contributed by atoms with van der Waals surface area (Å²) in [6.07, 6.45) is 10.0. The minimum Gasteiger partial charge on any atom is -0.508 e. The van der Waals surface area contributed by atoms with Gasteiger partial charge in [0.25, 0.3) is 0 Å². The minimum atomic E-state index is -0.806. The van der Waals surface area contributed by atoms with E-state index in [9.17, 15) is 19.8 Å². The van der Waals surface area contributed by atoms with Crippen molar-refractivity contribution in [1.29, 1.82) is 0 Å². The Kier molecular flexibility index (Phi) is 8.29. The second kappa shape index (κ2) is 12.0. The second-order valence-corrected chi connectivity index (χ2v) is 14.0. The fourth-order valence-electron chi connectivity index (χ4n) is 9.14. The number of carbonyl (C=O) groups is 2. The summed E-state index contributed by atoms with van der Waals surface area (Å²) in [4.78, 5) is 26.7. The molecule has 3 fully saturated rings. The van der Waals surface area contributed by atoms with Gasteiger partial charge in [-0.25, -0.2) is 4.79 Å². The fourth-order valence-corrected chi connectivity index (χ4v) is 9.14. The lowest BCUT2D eigenvalue weighted by Gasteiger charge is -2.58. The van der Waals surface area contributed by atoms with Gasteiger partial charge in [0.05, 0.1) is 6.10 Å². The molecule has 3 saturated carbocycles. The summed E-state index contributed by atoms with van der Waals surface area (Å²) in [5, 5.41) is 26.3. The van der Waals surface area contributed by atoms with E-state index in [0.29, 0.717) is 24.2 Å². The topological polar surface area (TPSA) is 108 Å². The monoisotopic (exact) mass is 586 g/mol. The predicted molar refractivity (Wildman–Crippen MR) is 165 cm³/mol. The average Bonchev–Trinajstić information content (AvgIpc) is 3.33. The Morgan fingerprint density at radius 1 is 0.953 bits per heavy atom. The molecule has 6 rings (SSSR count). The van der Waals surface area contributed by atoms with Gasteiger partial charge in [-0.05, 0) is 103 Å². The maximum absolute atomic E-state index is 13.9. The van der Waals surface area contributed by atoms with Crippen LogP contribution in [0.5, 0.6) is 5.75 Å². The molecule has 8 atom stereocenters. The van der Waals surface area contributed by atoms with E-state index < -0.39 is 12.1 Å². The number of fused-ring (bicyclic) bond motifs is 5. The number of amides is 2. The van der Waals surface area contributed by atoms with Crippen molar-refractivity contribution >= 4 is 12.0 Å². The summed E-state index contributed by atoms with van der Waals surface area (Å²) >= 11 is 0. The highest BCUT2D eigenvalue weighted by Gasteiger charge is 2.59. The molecule has 2 amide bonds. The van der Waals surface area contributed by atoms with Crippen LogP contribution in [0.3, 0.4) is 0 Å². The van der Waals surface area contributed by atoms with E-state index >= 15 is 0 Å². The zero-order valence-corrected chi connectivity index (χ0v) is 25.4. The Balaban J connectivity index is 1.15. The molecule has 2 aromatic rings. The van der Waals surface area contributed by atoms with Gasteiger partial charge < -0.3 is 25.6 Å². The van der Waals surface area contributed by atoms with Crippen molar-refractivity contribution in [3.63, 3.8) is 0 Å². The van der Waals surface area contributed by atoms with Crippen molar-refractivity contribution in [2.45, 2.75) is 96.4 Å². The van der Waals surface area contributed by atoms with Crippen molar-refractivity contribution in [1.82, 2.24) is 10.6 Å². The van der Waals surface area contributed by atoms with Crippen molar-refractivity contribution in [2.75, 3.05) is 0 Å². The Bertz CT molecular complexity index is 1340. The predicted octanol–water partition coefficient (Wildman–Crippen LogP) is 6.04. The summed E-state index contributed by atoms with van der Waals surface area (Å²) < 4.78 is 5.47. The SMILES string of the molecule is C[C@]12CC[C@H]3[C@@H](CC=C4C[C@@H](O)CC[C@@]43C)[C@@H]1CC[C@@H]2NC(=O)[C@H](Cc1ccc(O)cc1)NC(=O)OCc1ccccc1. The third-order valence-corrected chi connectivity index (χ3v) is 11.6. The molecule has 4 aliphatic carbocycles. The summed E-state index contributed by atoms with van der Waals surface area (Å²) in [6.45, 7) is 4.93. The first-order valence-electron chi connectivity index (χ1n) is 16.1. The molecule has 43 heavy (non-hydrogen) atoms. The molecule has 0 aliphatic heterocycles. The van der Waals surface area contributed by atoms with Crippen LogP contribution in [-0.4, -0.2) is 40.4 Å². The minimum absolute atomic E-state index is 0.00359. The summed E-state index contributed by atoms with van der Waals surface area (Å²) in [6, 6.07) is 15.4. The molecule has 0 unspecified atom stereocenters. The van der Waals surface area contributed by atoms with Crippen molar-refractivity contribution < 1.29 is 24.5 Å². The van der Waals surface area contributed by atoms with Gasteiger partial charge in [-0.15, -0.1) is 0 Å². The maximum atomic E-state index is 13.9. The summed E-state index contributed by atoms with van der Waals surface area (Å²) in [5.41, 5.74) is 3.38. The molecular formula is C36H46N2O5. The van der Waals surface area contributed by atoms with Gasteiger partial charge in [0.15, 0.2) is 0 Å². The molecule has 2 aromatic carbocycles. The van der Waals surface area contributed by atoms with Crippen LogP contribution < -0.4 is 10.6 Å². The number of benzene rings is 2. The number of carbonyl (C=O) groups excluding carboxylic acids is 2. The van der Waals surface area contributed by atoms with E-state index in [-0.39, 0.29) is 41.2 Å². The Morgan fingerprint density at radius 2 is 1.72 bits per heavy atom. The van der Waals surface area contributed by atoms with E-state index in [1.165, 1.54) is 5.57 Å². The number of aromatic hydroxyl groups is 1. The summed E-state index contributed by atoms with van der Waals surface area (Å²) in [7, 11) is 0. The molecule has 4 N–H and O–H groups in total. The fraction of sp³-hybridized carbons (Fsp3) is 0.556. The van der Waals surface area contributed by atoms with Crippen LogP contribution >= 0.6 is 0 Å². The number of rotatable bonds is 7. The number of aliphatic hydroxyl groups excluding tert-OH is 1. The molecule has 0 aromatic heterocycles. The third kappa shape index (κ3) is 5.93. The van der Waals surface area contributed by atoms with E-state index in [1.54, 1.807) is 24.3 Å². The van der Waals surface area contributed by atoms with Crippen molar-refractivity contribution in [3.05, 3.63) is 77.4 Å². The molecule has 0 saturated heterocycles. The van der Waals surface area contributed by atoms with E-state index in [4.69, 9.17) is 4.74 Å². The summed E-state index contributed by atoms with van der Waals surface area (Å²) in [5.74, 6) is 1.73. The average molecular weight is 587 g/mol. The van der Waals surface area contributed by atoms with Crippen molar-refractivity contribution in [3.8, 4) is 5.75 Å². The molecule has 0 radical (unpaired) electrons. The molecular weight excluding hydrogens is 540 g/mol. The zero-order valence-electron chi connectivity index (χ0n) is 25.4. The second-order valence-electron chi connectivity index (χ2n) is 14.0. The first-order chi connectivity index (χ1) is 20.7. The van der Waals surface area contributed by atoms with Crippen LogP contribution in [0, 0.1) is 28.6 Å². The number of phenolic OH excluding ortho intramolecular Hbond substituents is 1. The van der Waals surface area contributed by atoms with E-state index in [0.717, 1.165) is 62.5 Å². The molecule has 0 bridgehead atoms. The van der Waals surface area contributed by atoms with Gasteiger partial charge in [0.1, 0.15) is 18.4 Å². The number of ether oxygens (including phenoxy) is 1. The van der Waals surface area contributed by atoms with Gasteiger partial charge in [-0.3, -0.25) is 4.79 Å².